The predicted octanol–water partition coefficient (Wildman–Crippen LogP) is 2.39. The van der Waals surface area contributed by atoms with Crippen LogP contribution in [-0.2, 0) is 19.0 Å². The molecule has 0 saturated heterocycles. The molecule has 0 atom stereocenters. The molecule has 1 aromatic rings. The van der Waals surface area contributed by atoms with E-state index >= 15 is 0 Å². The number of ether oxygens (including phenoxy) is 1. The van der Waals surface area contributed by atoms with Crippen molar-refractivity contribution in [1.82, 2.24) is 0 Å². The Hall–Kier alpha value is -1.32. The van der Waals surface area contributed by atoms with E-state index in [0.717, 1.165) is 25.3 Å². The van der Waals surface area contributed by atoms with Crippen LogP contribution >= 0.6 is 11.6 Å². The second-order valence-electron chi connectivity index (χ2n) is 3.47. The summed E-state index contributed by atoms with van der Waals surface area (Å²) < 4.78 is 67.3. The summed E-state index contributed by atoms with van der Waals surface area (Å²) in [4.78, 5) is 10.5. The molecule has 0 aliphatic carbocycles. The van der Waals surface area contributed by atoms with E-state index in [1.165, 1.54) is 0 Å². The maximum atomic E-state index is 12.0. The van der Waals surface area contributed by atoms with Gasteiger partial charge in [-0.1, -0.05) is 11.6 Å². The summed E-state index contributed by atoms with van der Waals surface area (Å²) in [5, 5.41) is -0.375. The van der Waals surface area contributed by atoms with Crippen LogP contribution in [0.3, 0.4) is 0 Å². The molecule has 1 rings (SSSR count). The molecule has 0 bridgehead atoms. The summed E-state index contributed by atoms with van der Waals surface area (Å²) >= 11 is 5.59. The molecule has 0 amide bonds. The van der Waals surface area contributed by atoms with Gasteiger partial charge in [0.2, 0.25) is 0 Å². The van der Waals surface area contributed by atoms with Crippen LogP contribution in [0.4, 0.5) is 13.2 Å². The number of carbonyl (C=O) groups is 1. The van der Waals surface area contributed by atoms with Crippen molar-refractivity contribution in [3.63, 3.8) is 0 Å². The fourth-order valence-electron chi connectivity index (χ4n) is 1.15. The average Bonchev–Trinajstić information content (AvgIpc) is 2.35. The summed E-state index contributed by atoms with van der Waals surface area (Å²) in [6, 6.07) is 2.98. The Morgan fingerprint density at radius 3 is 2.45 bits per heavy atom. The van der Waals surface area contributed by atoms with Gasteiger partial charge in [0.05, 0.1) is 17.7 Å². The van der Waals surface area contributed by atoms with Gasteiger partial charge < -0.3 is 4.74 Å². The van der Waals surface area contributed by atoms with E-state index in [1.807, 2.05) is 0 Å². The topological polar surface area (TPSA) is 69.7 Å². The van der Waals surface area contributed by atoms with E-state index in [4.69, 9.17) is 11.6 Å². The molecule has 0 aliphatic heterocycles. The minimum Gasteiger partial charge on any atom is -0.465 e. The first-order chi connectivity index (χ1) is 9.07. The molecule has 0 aromatic heterocycles. The van der Waals surface area contributed by atoms with Crippen LogP contribution in [0.15, 0.2) is 23.1 Å². The zero-order valence-electron chi connectivity index (χ0n) is 9.90. The third kappa shape index (κ3) is 4.36. The maximum Gasteiger partial charge on any atom is 0.413 e. The van der Waals surface area contributed by atoms with E-state index in [2.05, 4.69) is 8.92 Å². The Morgan fingerprint density at radius 2 is 1.95 bits per heavy atom. The zero-order chi connectivity index (χ0) is 15.6. The van der Waals surface area contributed by atoms with Crippen LogP contribution in [0.25, 0.3) is 0 Å². The molecule has 0 aliphatic rings. The van der Waals surface area contributed by atoms with Crippen LogP contribution in [0.1, 0.15) is 10.4 Å². The average molecular weight is 333 g/mol. The van der Waals surface area contributed by atoms with E-state index in [9.17, 15) is 26.4 Å². The van der Waals surface area contributed by atoms with Crippen molar-refractivity contribution >= 4 is 27.7 Å². The fraction of sp³-hybridized carbons (Fsp3) is 0.300. The van der Waals surface area contributed by atoms with Gasteiger partial charge in [-0.15, -0.1) is 0 Å². The number of esters is 1. The first-order valence-corrected chi connectivity index (χ1v) is 6.69. The number of hydrogen-bond acceptors (Lipinski definition) is 5. The van der Waals surface area contributed by atoms with Crippen molar-refractivity contribution in [3.05, 3.63) is 28.8 Å². The zero-order valence-corrected chi connectivity index (χ0v) is 11.5. The number of carbonyl (C=O) groups excluding carboxylic acids is 1. The molecule has 1 aromatic carbocycles. The van der Waals surface area contributed by atoms with Gasteiger partial charge in [-0.25, -0.2) is 4.79 Å². The van der Waals surface area contributed by atoms with E-state index in [0.29, 0.717) is 0 Å². The van der Waals surface area contributed by atoms with Gasteiger partial charge >= 0.3 is 12.1 Å². The van der Waals surface area contributed by atoms with E-state index in [1.54, 1.807) is 0 Å². The lowest BCUT2D eigenvalue weighted by atomic mass is 10.2. The summed E-state index contributed by atoms with van der Waals surface area (Å²) in [6.45, 7) is -1.99. The molecule has 0 radical (unpaired) electrons. The Morgan fingerprint density at radius 1 is 1.35 bits per heavy atom. The quantitative estimate of drug-likeness (QED) is 0.625. The summed E-state index contributed by atoms with van der Waals surface area (Å²) in [7, 11) is -3.69. The Kier molecular flexibility index (Phi) is 5.00. The minimum atomic E-state index is -4.82. The largest absolute Gasteiger partial charge is 0.465 e. The molecule has 0 spiro atoms. The van der Waals surface area contributed by atoms with Crippen molar-refractivity contribution in [2.24, 2.45) is 0 Å². The second kappa shape index (κ2) is 5.98. The van der Waals surface area contributed by atoms with Gasteiger partial charge in [0, 0.05) is 0 Å². The van der Waals surface area contributed by atoms with Crippen molar-refractivity contribution in [3.8, 4) is 0 Å². The molecule has 0 fully saturated rings. The van der Waals surface area contributed by atoms with Gasteiger partial charge in [-0.2, -0.15) is 21.6 Å². The highest BCUT2D eigenvalue weighted by Gasteiger charge is 2.32. The van der Waals surface area contributed by atoms with Gasteiger partial charge in [-0.05, 0) is 18.2 Å². The SMILES string of the molecule is COC(=O)c1ccc(Cl)c(S(=O)(=O)OCC(F)(F)F)c1. The van der Waals surface area contributed by atoms with E-state index < -0.39 is 33.8 Å². The van der Waals surface area contributed by atoms with Crippen molar-refractivity contribution < 1.29 is 35.3 Å². The standard InChI is InChI=1S/C10H8ClF3O5S/c1-18-9(15)6-2-3-7(11)8(4-6)20(16,17)19-5-10(12,13)14/h2-4H,5H2,1H3. The highest BCUT2D eigenvalue weighted by molar-refractivity contribution is 7.86. The number of halogens is 4. The molecule has 20 heavy (non-hydrogen) atoms. The third-order valence-corrected chi connectivity index (χ3v) is 3.75. The molecular weight excluding hydrogens is 325 g/mol. The van der Waals surface area contributed by atoms with Crippen molar-refractivity contribution in [2.45, 2.75) is 11.1 Å². The normalized spacial score (nSPS) is 12.2. The summed E-state index contributed by atoms with van der Waals surface area (Å²) in [5.74, 6) is -0.867. The van der Waals surface area contributed by atoms with Crippen LogP contribution < -0.4 is 0 Å². The monoisotopic (exact) mass is 332 g/mol. The Labute approximate surface area is 117 Å². The number of benzene rings is 1. The third-order valence-electron chi connectivity index (χ3n) is 2.00. The van der Waals surface area contributed by atoms with Crippen molar-refractivity contribution in [1.29, 1.82) is 0 Å². The molecule has 0 heterocycles. The predicted molar refractivity (Wildman–Crippen MR) is 62.0 cm³/mol. The first-order valence-electron chi connectivity index (χ1n) is 4.91. The number of rotatable bonds is 4. The molecule has 112 valence electrons. The molecule has 0 N–H and O–H groups in total. The molecule has 5 nitrogen and oxygen atoms in total. The lowest BCUT2D eigenvalue weighted by Gasteiger charge is -2.10. The lowest BCUT2D eigenvalue weighted by Crippen LogP contribution is -2.21. The summed E-state index contributed by atoms with van der Waals surface area (Å²) in [6.07, 6.45) is -4.82. The Balaban J connectivity index is 3.14. The molecule has 0 saturated carbocycles. The Bertz CT molecular complexity index is 612. The van der Waals surface area contributed by atoms with Gasteiger partial charge in [0.1, 0.15) is 4.90 Å². The van der Waals surface area contributed by atoms with E-state index in [-0.39, 0.29) is 10.6 Å². The second-order valence-corrected chi connectivity index (χ2v) is 5.46. The molecule has 0 unspecified atom stereocenters. The molecule has 10 heteroatoms. The smallest absolute Gasteiger partial charge is 0.413 e. The van der Waals surface area contributed by atoms with Crippen LogP contribution in [0, 0.1) is 0 Å². The number of hydrogen-bond donors (Lipinski definition) is 0. The molecular formula is C10H8ClF3O5S. The van der Waals surface area contributed by atoms with Crippen LogP contribution in [0.2, 0.25) is 5.02 Å². The fourth-order valence-corrected chi connectivity index (χ4v) is 2.54. The minimum absolute atomic E-state index is 0.189. The number of methoxy groups -OCH3 is 1. The van der Waals surface area contributed by atoms with Gasteiger partial charge in [0.15, 0.2) is 6.61 Å². The van der Waals surface area contributed by atoms with Crippen LogP contribution in [0.5, 0.6) is 0 Å². The van der Waals surface area contributed by atoms with Crippen LogP contribution in [-0.4, -0.2) is 34.3 Å². The maximum absolute atomic E-state index is 12.0. The highest BCUT2D eigenvalue weighted by atomic mass is 35.5. The van der Waals surface area contributed by atoms with Gasteiger partial charge in [-0.3, -0.25) is 4.18 Å². The van der Waals surface area contributed by atoms with Gasteiger partial charge in [0.25, 0.3) is 10.1 Å². The van der Waals surface area contributed by atoms with Crippen molar-refractivity contribution in [2.75, 3.05) is 13.7 Å². The highest BCUT2D eigenvalue weighted by Crippen LogP contribution is 2.26. The lowest BCUT2D eigenvalue weighted by molar-refractivity contribution is -0.152. The summed E-state index contributed by atoms with van der Waals surface area (Å²) in [5.41, 5.74) is -0.189. The first kappa shape index (κ1) is 16.7. The number of alkyl halides is 3.